The van der Waals surface area contributed by atoms with Crippen LogP contribution in [0.3, 0.4) is 0 Å². The first-order valence-corrected chi connectivity index (χ1v) is 9.15. The zero-order chi connectivity index (χ0) is 20.3. The van der Waals surface area contributed by atoms with E-state index < -0.39 is 29.7 Å². The molecule has 0 bridgehead atoms. The molecule has 0 saturated carbocycles. The predicted molar refractivity (Wildman–Crippen MR) is 104 cm³/mol. The molecule has 1 saturated heterocycles. The Morgan fingerprint density at radius 1 is 1.04 bits per heavy atom. The molecule has 1 aliphatic rings. The lowest BCUT2D eigenvalue weighted by Gasteiger charge is -2.45. The van der Waals surface area contributed by atoms with Crippen LogP contribution in [0.25, 0.3) is 0 Å². The predicted octanol–water partition coefficient (Wildman–Crippen LogP) is 4.10. The van der Waals surface area contributed by atoms with Crippen LogP contribution in [0.5, 0.6) is 5.75 Å². The third kappa shape index (κ3) is 4.34. The van der Waals surface area contributed by atoms with E-state index in [0.717, 1.165) is 16.0 Å². The Balaban J connectivity index is 1.81. The lowest BCUT2D eigenvalue weighted by Crippen LogP contribution is -2.62. The van der Waals surface area contributed by atoms with Crippen LogP contribution >= 0.6 is 0 Å². The van der Waals surface area contributed by atoms with E-state index in [1.807, 2.05) is 42.5 Å². The normalized spacial score (nSPS) is 19.1. The summed E-state index contributed by atoms with van der Waals surface area (Å²) in [4.78, 5) is 26.4. The zero-order valence-corrected chi connectivity index (χ0v) is 16.5. The van der Waals surface area contributed by atoms with Crippen LogP contribution in [0.1, 0.15) is 37.9 Å². The van der Waals surface area contributed by atoms with Crippen LogP contribution < -0.4 is 4.74 Å². The molecule has 6 nitrogen and oxygen atoms in total. The molecule has 0 radical (unpaired) electrons. The lowest BCUT2D eigenvalue weighted by molar-refractivity contribution is -0.173. The highest BCUT2D eigenvalue weighted by atomic mass is 16.6. The molecule has 2 amide bonds. The van der Waals surface area contributed by atoms with Gasteiger partial charge in [0.05, 0.1) is 13.7 Å². The standard InChI is InChI=1S/C22H25NO5/c1-22(2,3)28-21(25)23-18(16-10-12-17(26-4)13-11-16)19(20(23)24)27-14-15-8-6-5-7-9-15/h5-13,18-19H,14H2,1-4H3/t18-,19-/m0/s1. The van der Waals surface area contributed by atoms with Crippen molar-refractivity contribution in [3.8, 4) is 5.75 Å². The van der Waals surface area contributed by atoms with E-state index in [1.165, 1.54) is 0 Å². The first-order chi connectivity index (χ1) is 13.3. The van der Waals surface area contributed by atoms with Crippen molar-refractivity contribution in [2.75, 3.05) is 7.11 Å². The van der Waals surface area contributed by atoms with E-state index in [9.17, 15) is 9.59 Å². The highest BCUT2D eigenvalue weighted by Gasteiger charge is 2.53. The molecule has 2 aromatic rings. The van der Waals surface area contributed by atoms with Crippen molar-refractivity contribution in [3.63, 3.8) is 0 Å². The lowest BCUT2D eigenvalue weighted by atomic mass is 9.91. The van der Waals surface area contributed by atoms with Crippen LogP contribution in [-0.2, 0) is 20.9 Å². The summed E-state index contributed by atoms with van der Waals surface area (Å²) >= 11 is 0. The van der Waals surface area contributed by atoms with Crippen molar-refractivity contribution >= 4 is 12.0 Å². The highest BCUT2D eigenvalue weighted by Crippen LogP contribution is 2.39. The number of β-lactam (4-membered cyclic amide) rings is 1. The topological polar surface area (TPSA) is 65.1 Å². The molecule has 0 N–H and O–H groups in total. The van der Waals surface area contributed by atoms with Gasteiger partial charge < -0.3 is 14.2 Å². The number of hydrogen-bond acceptors (Lipinski definition) is 5. The summed E-state index contributed by atoms with van der Waals surface area (Å²) in [6, 6.07) is 16.3. The number of methoxy groups -OCH3 is 1. The van der Waals surface area contributed by atoms with Gasteiger partial charge in [0.1, 0.15) is 17.4 Å². The first kappa shape index (κ1) is 19.9. The number of likely N-dealkylation sites (tertiary alicyclic amines) is 1. The minimum atomic E-state index is -0.749. The Labute approximate surface area is 165 Å². The second kappa shape index (κ2) is 8.02. The van der Waals surface area contributed by atoms with Crippen molar-refractivity contribution in [3.05, 3.63) is 65.7 Å². The maximum absolute atomic E-state index is 12.7. The third-order valence-electron chi connectivity index (χ3n) is 4.37. The maximum atomic E-state index is 12.7. The number of ether oxygens (including phenoxy) is 3. The van der Waals surface area contributed by atoms with Gasteiger partial charge in [0.15, 0.2) is 6.10 Å². The molecule has 0 spiro atoms. The van der Waals surface area contributed by atoms with Gasteiger partial charge in [-0.15, -0.1) is 0 Å². The number of carbonyl (C=O) groups excluding carboxylic acids is 2. The average molecular weight is 383 g/mol. The second-order valence-corrected chi connectivity index (χ2v) is 7.62. The number of nitrogens with zero attached hydrogens (tertiary/aromatic N) is 1. The number of amides is 2. The molecule has 2 atom stereocenters. The van der Waals surface area contributed by atoms with Gasteiger partial charge in [-0.3, -0.25) is 4.79 Å². The SMILES string of the molecule is COc1ccc([C@H]2[C@H](OCc3ccccc3)C(=O)N2C(=O)OC(C)(C)C)cc1. The van der Waals surface area contributed by atoms with E-state index in [2.05, 4.69) is 0 Å². The first-order valence-electron chi connectivity index (χ1n) is 9.15. The maximum Gasteiger partial charge on any atom is 0.417 e. The molecule has 0 unspecified atom stereocenters. The Hall–Kier alpha value is -2.86. The van der Waals surface area contributed by atoms with E-state index in [4.69, 9.17) is 14.2 Å². The third-order valence-corrected chi connectivity index (χ3v) is 4.37. The fourth-order valence-electron chi connectivity index (χ4n) is 3.02. The molecule has 1 fully saturated rings. The molecular weight excluding hydrogens is 358 g/mol. The average Bonchev–Trinajstić information content (AvgIpc) is 2.65. The molecule has 0 aromatic heterocycles. The number of rotatable bonds is 5. The number of hydrogen-bond donors (Lipinski definition) is 0. The van der Waals surface area contributed by atoms with Crippen LogP contribution in [0.2, 0.25) is 0 Å². The highest BCUT2D eigenvalue weighted by molar-refractivity contribution is 6.01. The van der Waals surface area contributed by atoms with Gasteiger partial charge >= 0.3 is 6.09 Å². The molecule has 0 aliphatic carbocycles. The van der Waals surface area contributed by atoms with Crippen molar-refractivity contribution in [1.29, 1.82) is 0 Å². The second-order valence-electron chi connectivity index (χ2n) is 7.62. The minimum Gasteiger partial charge on any atom is -0.497 e. The summed E-state index contributed by atoms with van der Waals surface area (Å²) in [7, 11) is 1.58. The summed E-state index contributed by atoms with van der Waals surface area (Å²) in [6.07, 6.45) is -1.42. The van der Waals surface area contributed by atoms with E-state index in [1.54, 1.807) is 40.0 Å². The summed E-state index contributed by atoms with van der Waals surface area (Å²) in [6.45, 7) is 5.58. The van der Waals surface area contributed by atoms with E-state index >= 15 is 0 Å². The Morgan fingerprint density at radius 3 is 2.25 bits per heavy atom. The van der Waals surface area contributed by atoms with Crippen LogP contribution in [0.15, 0.2) is 54.6 Å². The largest absolute Gasteiger partial charge is 0.497 e. The Morgan fingerprint density at radius 2 is 1.68 bits per heavy atom. The van der Waals surface area contributed by atoms with Crippen molar-refractivity contribution in [2.45, 2.75) is 45.1 Å². The smallest absolute Gasteiger partial charge is 0.417 e. The van der Waals surface area contributed by atoms with Crippen LogP contribution in [-0.4, -0.2) is 35.7 Å². The molecule has 28 heavy (non-hydrogen) atoms. The Bertz CT molecular complexity index is 826. The van der Waals surface area contributed by atoms with Gasteiger partial charge in [-0.25, -0.2) is 9.69 Å². The summed E-state index contributed by atoms with van der Waals surface area (Å²) in [5.74, 6) is 0.297. The van der Waals surface area contributed by atoms with Gasteiger partial charge in [-0.05, 0) is 44.0 Å². The molecule has 3 rings (SSSR count). The fourth-order valence-corrected chi connectivity index (χ4v) is 3.02. The monoisotopic (exact) mass is 383 g/mol. The van der Waals surface area contributed by atoms with Gasteiger partial charge in [-0.1, -0.05) is 42.5 Å². The van der Waals surface area contributed by atoms with Gasteiger partial charge in [-0.2, -0.15) is 0 Å². The van der Waals surface area contributed by atoms with Gasteiger partial charge in [0.2, 0.25) is 0 Å². The summed E-state index contributed by atoms with van der Waals surface area (Å²) < 4.78 is 16.5. The number of benzene rings is 2. The quantitative estimate of drug-likeness (QED) is 0.728. The fraction of sp³-hybridized carbons (Fsp3) is 0.364. The number of imide groups is 1. The van der Waals surface area contributed by atoms with E-state index in [-0.39, 0.29) is 6.61 Å². The molecule has 2 aromatic carbocycles. The molecule has 1 heterocycles. The summed E-state index contributed by atoms with van der Waals surface area (Å²) in [5.41, 5.74) is 1.04. The Kier molecular flexibility index (Phi) is 5.70. The molecular formula is C22H25NO5. The van der Waals surface area contributed by atoms with Gasteiger partial charge in [0.25, 0.3) is 5.91 Å². The number of carbonyl (C=O) groups is 2. The molecule has 6 heteroatoms. The van der Waals surface area contributed by atoms with Crippen LogP contribution in [0, 0.1) is 0 Å². The van der Waals surface area contributed by atoms with Crippen molar-refractivity contribution < 1.29 is 23.8 Å². The summed E-state index contributed by atoms with van der Waals surface area (Å²) in [5, 5.41) is 0. The van der Waals surface area contributed by atoms with Crippen molar-refractivity contribution in [1.82, 2.24) is 4.90 Å². The van der Waals surface area contributed by atoms with Crippen molar-refractivity contribution in [2.24, 2.45) is 0 Å². The minimum absolute atomic E-state index is 0.284. The van der Waals surface area contributed by atoms with E-state index in [0.29, 0.717) is 5.75 Å². The zero-order valence-electron chi connectivity index (χ0n) is 16.5. The molecule has 1 aliphatic heterocycles. The van der Waals surface area contributed by atoms with Crippen LogP contribution in [0.4, 0.5) is 4.79 Å². The molecule has 148 valence electrons. The van der Waals surface area contributed by atoms with Gasteiger partial charge in [0, 0.05) is 0 Å².